The molecule has 0 aliphatic rings. The van der Waals surface area contributed by atoms with Crippen LogP contribution in [0.15, 0.2) is 36.7 Å². The minimum absolute atomic E-state index is 0.485. The van der Waals surface area contributed by atoms with E-state index in [4.69, 9.17) is 5.73 Å². The zero-order valence-electron chi connectivity index (χ0n) is 10.0. The van der Waals surface area contributed by atoms with E-state index in [1.807, 2.05) is 25.2 Å². The van der Waals surface area contributed by atoms with Crippen LogP contribution in [0, 0.1) is 0 Å². The van der Waals surface area contributed by atoms with Gasteiger partial charge in [0, 0.05) is 19.5 Å². The highest BCUT2D eigenvalue weighted by Gasteiger charge is 2.08. The molecule has 3 rings (SSSR count). The smallest absolute Gasteiger partial charge is 0.127 e. The van der Waals surface area contributed by atoms with Crippen molar-refractivity contribution < 1.29 is 0 Å². The lowest BCUT2D eigenvalue weighted by Gasteiger charge is -2.02. The maximum atomic E-state index is 5.65. The third-order valence-corrected chi connectivity index (χ3v) is 2.96. The second-order valence-corrected chi connectivity index (χ2v) is 4.19. The van der Waals surface area contributed by atoms with Crippen LogP contribution in [-0.2, 0) is 13.5 Å². The number of aromatic nitrogens is 4. The number of benzene rings is 1. The molecule has 5 heteroatoms. The van der Waals surface area contributed by atoms with Crippen LogP contribution in [0.3, 0.4) is 0 Å². The van der Waals surface area contributed by atoms with Crippen molar-refractivity contribution in [3.63, 3.8) is 0 Å². The quantitative estimate of drug-likeness (QED) is 0.736. The topological polar surface area (TPSA) is 69.6 Å². The number of hydrogen-bond donors (Lipinski definition) is 1. The fourth-order valence-corrected chi connectivity index (χ4v) is 2.03. The number of rotatable bonds is 2. The standard InChI is InChI=1S/C13H13N5/c1-18-11-5-3-2-4-10(11)17-13(18)7-9-6-12(14)16-8-15-9/h2-6,8H,7H2,1H3,(H2,14,15,16). The molecular weight excluding hydrogens is 226 g/mol. The third-order valence-electron chi connectivity index (χ3n) is 2.96. The molecule has 2 heterocycles. The SMILES string of the molecule is Cn1c(Cc2cc(N)ncn2)nc2ccccc21. The van der Waals surface area contributed by atoms with E-state index in [1.54, 1.807) is 6.07 Å². The molecule has 5 nitrogen and oxygen atoms in total. The number of para-hydroxylation sites is 2. The van der Waals surface area contributed by atoms with Crippen molar-refractivity contribution in [1.29, 1.82) is 0 Å². The van der Waals surface area contributed by atoms with Crippen LogP contribution in [0.4, 0.5) is 5.82 Å². The molecule has 0 amide bonds. The molecule has 0 saturated heterocycles. The maximum Gasteiger partial charge on any atom is 0.127 e. The largest absolute Gasteiger partial charge is 0.384 e. The molecule has 2 N–H and O–H groups in total. The summed E-state index contributed by atoms with van der Waals surface area (Å²) in [6.45, 7) is 0. The molecular formula is C13H13N5. The van der Waals surface area contributed by atoms with Crippen molar-refractivity contribution >= 4 is 16.9 Å². The Morgan fingerprint density at radius 3 is 2.83 bits per heavy atom. The van der Waals surface area contributed by atoms with E-state index in [9.17, 15) is 0 Å². The van der Waals surface area contributed by atoms with E-state index in [0.29, 0.717) is 12.2 Å². The highest BCUT2D eigenvalue weighted by atomic mass is 15.1. The Morgan fingerprint density at radius 2 is 2.06 bits per heavy atom. The minimum Gasteiger partial charge on any atom is -0.384 e. The summed E-state index contributed by atoms with van der Waals surface area (Å²) in [7, 11) is 2.01. The molecule has 90 valence electrons. The van der Waals surface area contributed by atoms with Gasteiger partial charge in [0.2, 0.25) is 0 Å². The summed E-state index contributed by atoms with van der Waals surface area (Å²) in [5, 5.41) is 0. The summed E-state index contributed by atoms with van der Waals surface area (Å²) >= 11 is 0. The van der Waals surface area contributed by atoms with Gasteiger partial charge >= 0.3 is 0 Å². The Balaban J connectivity index is 2.02. The number of anilines is 1. The number of nitrogens with zero attached hydrogens (tertiary/aromatic N) is 4. The predicted molar refractivity (Wildman–Crippen MR) is 70.0 cm³/mol. The Kier molecular flexibility index (Phi) is 2.44. The van der Waals surface area contributed by atoms with Gasteiger partial charge in [0.1, 0.15) is 18.0 Å². The van der Waals surface area contributed by atoms with E-state index in [0.717, 1.165) is 22.6 Å². The van der Waals surface area contributed by atoms with Gasteiger partial charge in [-0.3, -0.25) is 0 Å². The second-order valence-electron chi connectivity index (χ2n) is 4.19. The molecule has 1 aromatic carbocycles. The molecule has 0 fully saturated rings. The Morgan fingerprint density at radius 1 is 1.22 bits per heavy atom. The lowest BCUT2D eigenvalue weighted by molar-refractivity contribution is 0.829. The molecule has 0 atom stereocenters. The molecule has 0 unspecified atom stereocenters. The summed E-state index contributed by atoms with van der Waals surface area (Å²) in [5.74, 6) is 1.45. The van der Waals surface area contributed by atoms with E-state index in [-0.39, 0.29) is 0 Å². The summed E-state index contributed by atoms with van der Waals surface area (Å²) in [4.78, 5) is 12.7. The molecule has 0 spiro atoms. The first-order valence-corrected chi connectivity index (χ1v) is 5.71. The fourth-order valence-electron chi connectivity index (χ4n) is 2.03. The molecule has 0 saturated carbocycles. The van der Waals surface area contributed by atoms with Crippen molar-refractivity contribution in [2.45, 2.75) is 6.42 Å². The van der Waals surface area contributed by atoms with Gasteiger partial charge in [0.15, 0.2) is 0 Å². The number of imidazole rings is 1. The van der Waals surface area contributed by atoms with Gasteiger partial charge in [-0.15, -0.1) is 0 Å². The number of nitrogen functional groups attached to an aromatic ring is 1. The average Bonchev–Trinajstić information content (AvgIpc) is 2.67. The average molecular weight is 239 g/mol. The molecule has 18 heavy (non-hydrogen) atoms. The van der Waals surface area contributed by atoms with Crippen molar-refractivity contribution in [2.24, 2.45) is 7.05 Å². The summed E-state index contributed by atoms with van der Waals surface area (Å²) in [6.07, 6.45) is 2.13. The molecule has 0 aliphatic heterocycles. The lowest BCUT2D eigenvalue weighted by atomic mass is 10.3. The Labute approximate surface area is 104 Å². The van der Waals surface area contributed by atoms with Gasteiger partial charge < -0.3 is 10.3 Å². The van der Waals surface area contributed by atoms with Crippen LogP contribution in [0.2, 0.25) is 0 Å². The van der Waals surface area contributed by atoms with E-state index in [2.05, 4.69) is 25.6 Å². The number of fused-ring (bicyclic) bond motifs is 1. The van der Waals surface area contributed by atoms with Gasteiger partial charge in [0.25, 0.3) is 0 Å². The van der Waals surface area contributed by atoms with E-state index in [1.165, 1.54) is 6.33 Å². The third kappa shape index (κ3) is 1.79. The van der Waals surface area contributed by atoms with Gasteiger partial charge in [-0.25, -0.2) is 15.0 Å². The Bertz CT molecular complexity index is 701. The number of aryl methyl sites for hydroxylation is 1. The fraction of sp³-hybridized carbons (Fsp3) is 0.154. The molecule has 0 radical (unpaired) electrons. The summed E-state index contributed by atoms with van der Waals surface area (Å²) < 4.78 is 2.08. The first-order chi connectivity index (χ1) is 8.74. The first-order valence-electron chi connectivity index (χ1n) is 5.71. The second kappa shape index (κ2) is 4.10. The predicted octanol–water partition coefficient (Wildman–Crippen LogP) is 1.54. The van der Waals surface area contributed by atoms with Crippen molar-refractivity contribution in [2.75, 3.05) is 5.73 Å². The van der Waals surface area contributed by atoms with E-state index < -0.39 is 0 Å². The molecule has 0 aliphatic carbocycles. The maximum absolute atomic E-state index is 5.65. The minimum atomic E-state index is 0.485. The monoisotopic (exact) mass is 239 g/mol. The van der Waals surface area contributed by atoms with Crippen LogP contribution in [0.1, 0.15) is 11.5 Å². The lowest BCUT2D eigenvalue weighted by Crippen LogP contribution is -2.02. The van der Waals surface area contributed by atoms with Gasteiger partial charge in [-0.05, 0) is 12.1 Å². The van der Waals surface area contributed by atoms with Gasteiger partial charge in [0.05, 0.1) is 16.7 Å². The molecule has 3 aromatic rings. The summed E-state index contributed by atoms with van der Waals surface area (Å²) in [6, 6.07) is 9.84. The normalized spacial score (nSPS) is 10.9. The number of hydrogen-bond acceptors (Lipinski definition) is 4. The van der Waals surface area contributed by atoms with Gasteiger partial charge in [-0.1, -0.05) is 12.1 Å². The Hall–Kier alpha value is -2.43. The molecule has 0 bridgehead atoms. The van der Waals surface area contributed by atoms with Crippen molar-refractivity contribution in [1.82, 2.24) is 19.5 Å². The van der Waals surface area contributed by atoms with Gasteiger partial charge in [-0.2, -0.15) is 0 Å². The van der Waals surface area contributed by atoms with Crippen molar-refractivity contribution in [3.8, 4) is 0 Å². The van der Waals surface area contributed by atoms with Crippen LogP contribution in [0.25, 0.3) is 11.0 Å². The van der Waals surface area contributed by atoms with Crippen LogP contribution >= 0.6 is 0 Å². The van der Waals surface area contributed by atoms with Crippen LogP contribution in [-0.4, -0.2) is 19.5 Å². The zero-order valence-corrected chi connectivity index (χ0v) is 10.0. The highest BCUT2D eigenvalue weighted by molar-refractivity contribution is 5.75. The van der Waals surface area contributed by atoms with Crippen LogP contribution < -0.4 is 5.73 Å². The number of nitrogens with two attached hydrogens (primary N) is 1. The van der Waals surface area contributed by atoms with Crippen molar-refractivity contribution in [3.05, 3.63) is 48.2 Å². The highest BCUT2D eigenvalue weighted by Crippen LogP contribution is 2.16. The first kappa shape index (κ1) is 10.7. The summed E-state index contributed by atoms with van der Waals surface area (Å²) in [5.41, 5.74) is 8.64. The zero-order chi connectivity index (χ0) is 12.5. The van der Waals surface area contributed by atoms with Crippen LogP contribution in [0.5, 0.6) is 0 Å². The van der Waals surface area contributed by atoms with E-state index >= 15 is 0 Å². The molecule has 2 aromatic heterocycles.